The van der Waals surface area contributed by atoms with Crippen LogP contribution in [-0.2, 0) is 0 Å². The number of nitrogens with two attached hydrogens (primary N) is 1. The molecule has 2 fully saturated rings. The first-order chi connectivity index (χ1) is 5.59. The summed E-state index contributed by atoms with van der Waals surface area (Å²) >= 11 is 0. The first kappa shape index (κ1) is 8.09. The van der Waals surface area contributed by atoms with Gasteiger partial charge in [0.2, 0.25) is 0 Å². The molecule has 0 aromatic heterocycles. The molecule has 0 amide bonds. The fourth-order valence-corrected chi connectivity index (χ4v) is 1.68. The zero-order chi connectivity index (χ0) is 8.77. The number of nitrogens with zero attached hydrogens (tertiary/aromatic N) is 1. The molecule has 2 rings (SSSR count). The minimum absolute atomic E-state index is 0.118. The molecule has 2 nitrogen and oxygen atoms in total. The van der Waals surface area contributed by atoms with Crippen molar-refractivity contribution in [2.75, 3.05) is 0 Å². The van der Waals surface area contributed by atoms with Gasteiger partial charge in [0, 0.05) is 5.92 Å². The van der Waals surface area contributed by atoms with Crippen LogP contribution in [0.3, 0.4) is 0 Å². The van der Waals surface area contributed by atoms with Crippen molar-refractivity contribution in [3.8, 4) is 0 Å². The molecule has 0 spiro atoms. The topological polar surface area (TPSA) is 38.4 Å². The monoisotopic (exact) mass is 166 g/mol. The highest BCUT2D eigenvalue weighted by Gasteiger charge is 2.38. The Morgan fingerprint density at radius 3 is 2.25 bits per heavy atom. The Balaban J connectivity index is 2.01. The number of hydrogen-bond donors (Lipinski definition) is 1. The number of hydrogen-bond acceptors (Lipinski definition) is 1. The Kier molecular flexibility index (Phi) is 1.67. The van der Waals surface area contributed by atoms with Gasteiger partial charge in [0.1, 0.15) is 0 Å². The largest absolute Gasteiger partial charge is 0.387 e. The van der Waals surface area contributed by atoms with Crippen LogP contribution in [0.2, 0.25) is 0 Å². The van der Waals surface area contributed by atoms with E-state index in [1.807, 2.05) is 0 Å². The lowest BCUT2D eigenvalue weighted by Gasteiger charge is -2.19. The summed E-state index contributed by atoms with van der Waals surface area (Å²) in [7, 11) is 0. The van der Waals surface area contributed by atoms with Gasteiger partial charge in [0.15, 0.2) is 0 Å². The summed E-state index contributed by atoms with van der Waals surface area (Å²) in [5.74, 6) is 2.34. The number of amidine groups is 1. The van der Waals surface area contributed by atoms with E-state index in [1.165, 1.54) is 25.7 Å². The van der Waals surface area contributed by atoms with Crippen LogP contribution in [-0.4, -0.2) is 11.4 Å². The van der Waals surface area contributed by atoms with E-state index in [0.29, 0.717) is 5.92 Å². The van der Waals surface area contributed by atoms with Crippen molar-refractivity contribution in [1.29, 1.82) is 0 Å². The van der Waals surface area contributed by atoms with Crippen molar-refractivity contribution < 1.29 is 0 Å². The molecule has 2 N–H and O–H groups in total. The third-order valence-corrected chi connectivity index (χ3v) is 2.99. The third kappa shape index (κ3) is 1.62. The molecule has 2 saturated carbocycles. The molecule has 0 bridgehead atoms. The lowest BCUT2D eigenvalue weighted by atomic mass is 10.00. The van der Waals surface area contributed by atoms with Crippen LogP contribution >= 0.6 is 0 Å². The second-order valence-corrected chi connectivity index (χ2v) is 4.74. The van der Waals surface area contributed by atoms with Crippen molar-refractivity contribution in [2.24, 2.45) is 22.6 Å². The van der Waals surface area contributed by atoms with Crippen molar-refractivity contribution in [3.63, 3.8) is 0 Å². The van der Waals surface area contributed by atoms with E-state index in [1.54, 1.807) is 0 Å². The van der Waals surface area contributed by atoms with Crippen molar-refractivity contribution >= 4 is 5.84 Å². The second-order valence-electron chi connectivity index (χ2n) is 4.74. The highest BCUT2D eigenvalue weighted by atomic mass is 15.0. The minimum atomic E-state index is 0.118. The van der Waals surface area contributed by atoms with Crippen LogP contribution in [0.15, 0.2) is 4.99 Å². The van der Waals surface area contributed by atoms with Crippen LogP contribution in [0.25, 0.3) is 0 Å². The molecular formula is C10H18N2. The van der Waals surface area contributed by atoms with Crippen molar-refractivity contribution in [1.82, 2.24) is 0 Å². The molecule has 12 heavy (non-hydrogen) atoms. The van der Waals surface area contributed by atoms with Gasteiger partial charge in [0.05, 0.1) is 11.4 Å². The SMILES string of the molecule is CC(C)(N=C(N)C1CC1)C1CC1. The number of rotatable bonds is 3. The molecule has 68 valence electrons. The summed E-state index contributed by atoms with van der Waals surface area (Å²) in [6.07, 6.45) is 5.20. The van der Waals surface area contributed by atoms with E-state index in [9.17, 15) is 0 Å². The van der Waals surface area contributed by atoms with Crippen LogP contribution in [0, 0.1) is 11.8 Å². The van der Waals surface area contributed by atoms with E-state index in [0.717, 1.165) is 11.8 Å². The average Bonchev–Trinajstić information content (AvgIpc) is 2.83. The second kappa shape index (κ2) is 2.48. The summed E-state index contributed by atoms with van der Waals surface area (Å²) in [6, 6.07) is 0. The first-order valence-electron chi connectivity index (χ1n) is 4.95. The van der Waals surface area contributed by atoms with Gasteiger partial charge < -0.3 is 5.73 Å². The van der Waals surface area contributed by atoms with Gasteiger partial charge in [-0.3, -0.25) is 4.99 Å². The molecule has 0 radical (unpaired) electrons. The maximum atomic E-state index is 5.88. The smallest absolute Gasteiger partial charge is 0.0975 e. The van der Waals surface area contributed by atoms with Gasteiger partial charge in [-0.15, -0.1) is 0 Å². The van der Waals surface area contributed by atoms with Gasteiger partial charge >= 0.3 is 0 Å². The molecule has 0 atom stereocenters. The van der Waals surface area contributed by atoms with Crippen LogP contribution < -0.4 is 5.73 Å². The van der Waals surface area contributed by atoms with Crippen molar-refractivity contribution in [3.05, 3.63) is 0 Å². The van der Waals surface area contributed by atoms with E-state index in [4.69, 9.17) is 5.73 Å². The van der Waals surface area contributed by atoms with E-state index in [-0.39, 0.29) is 5.54 Å². The molecule has 2 aliphatic carbocycles. The fourth-order valence-electron chi connectivity index (χ4n) is 1.68. The average molecular weight is 166 g/mol. The van der Waals surface area contributed by atoms with E-state index in [2.05, 4.69) is 18.8 Å². The Morgan fingerprint density at radius 2 is 1.83 bits per heavy atom. The zero-order valence-electron chi connectivity index (χ0n) is 8.01. The maximum Gasteiger partial charge on any atom is 0.0975 e. The Labute approximate surface area is 74.2 Å². The lowest BCUT2D eigenvalue weighted by Crippen LogP contribution is -2.26. The highest BCUT2D eigenvalue weighted by molar-refractivity contribution is 5.85. The predicted molar refractivity (Wildman–Crippen MR) is 51.1 cm³/mol. The van der Waals surface area contributed by atoms with Crippen LogP contribution in [0.4, 0.5) is 0 Å². The standard InChI is InChI=1S/C10H18N2/c1-10(2,8-5-6-8)12-9(11)7-3-4-7/h7-8H,3-6H2,1-2H3,(H2,11,12). The molecule has 0 unspecified atom stereocenters. The normalized spacial score (nSPS) is 26.0. The van der Waals surface area contributed by atoms with Gasteiger partial charge in [0.25, 0.3) is 0 Å². The predicted octanol–water partition coefficient (Wildman–Crippen LogP) is 1.94. The molecule has 0 aromatic carbocycles. The highest BCUT2D eigenvalue weighted by Crippen LogP contribution is 2.42. The minimum Gasteiger partial charge on any atom is -0.387 e. The first-order valence-corrected chi connectivity index (χ1v) is 4.95. The Bertz CT molecular complexity index is 210. The summed E-state index contributed by atoms with van der Waals surface area (Å²) in [5, 5.41) is 0. The molecule has 0 aromatic rings. The molecular weight excluding hydrogens is 148 g/mol. The third-order valence-electron chi connectivity index (χ3n) is 2.99. The molecule has 2 aliphatic rings. The summed E-state index contributed by atoms with van der Waals surface area (Å²) < 4.78 is 0. The van der Waals surface area contributed by atoms with E-state index < -0.39 is 0 Å². The summed E-state index contributed by atoms with van der Waals surface area (Å²) in [6.45, 7) is 4.42. The van der Waals surface area contributed by atoms with Crippen LogP contribution in [0.5, 0.6) is 0 Å². The van der Waals surface area contributed by atoms with E-state index >= 15 is 0 Å². The molecule has 0 saturated heterocycles. The molecule has 2 heteroatoms. The van der Waals surface area contributed by atoms with Gasteiger partial charge in [-0.25, -0.2) is 0 Å². The van der Waals surface area contributed by atoms with Gasteiger partial charge in [-0.1, -0.05) is 0 Å². The quantitative estimate of drug-likeness (QED) is 0.505. The summed E-state index contributed by atoms with van der Waals surface area (Å²) in [4.78, 5) is 4.63. The molecule has 0 aliphatic heterocycles. The summed E-state index contributed by atoms with van der Waals surface area (Å²) in [5.41, 5.74) is 6.00. The van der Waals surface area contributed by atoms with Crippen LogP contribution in [0.1, 0.15) is 39.5 Å². The Morgan fingerprint density at radius 1 is 1.25 bits per heavy atom. The fraction of sp³-hybridized carbons (Fsp3) is 0.900. The number of aliphatic imine (C=N–C) groups is 1. The lowest BCUT2D eigenvalue weighted by molar-refractivity contribution is 0.454. The zero-order valence-corrected chi connectivity index (χ0v) is 8.01. The Hall–Kier alpha value is -0.530. The molecule has 0 heterocycles. The van der Waals surface area contributed by atoms with Gasteiger partial charge in [-0.05, 0) is 45.4 Å². The maximum absolute atomic E-state index is 5.88. The van der Waals surface area contributed by atoms with Crippen molar-refractivity contribution in [2.45, 2.75) is 45.1 Å². The van der Waals surface area contributed by atoms with Gasteiger partial charge in [-0.2, -0.15) is 0 Å².